The minimum absolute atomic E-state index is 0.115. The van der Waals surface area contributed by atoms with Crippen LogP contribution in [-0.2, 0) is 6.18 Å². The Bertz CT molecular complexity index is 1460. The molecule has 3 heterocycles. The lowest BCUT2D eigenvalue weighted by molar-refractivity contribution is -0.138. The van der Waals surface area contributed by atoms with Gasteiger partial charge >= 0.3 is 6.18 Å². The summed E-state index contributed by atoms with van der Waals surface area (Å²) in [5, 5.41) is 2.58. The normalized spacial score (nSPS) is 18.3. The Morgan fingerprint density at radius 2 is 1.78 bits per heavy atom. The van der Waals surface area contributed by atoms with E-state index in [-0.39, 0.29) is 17.3 Å². The summed E-state index contributed by atoms with van der Waals surface area (Å²) < 4.78 is 70.5. The fourth-order valence-corrected chi connectivity index (χ4v) is 5.14. The first kappa shape index (κ1) is 28.5. The minimum Gasteiger partial charge on any atom is -0.367 e. The maximum atomic E-state index is 15.8. The fourth-order valence-electron chi connectivity index (χ4n) is 5.14. The van der Waals surface area contributed by atoms with E-state index in [1.165, 1.54) is 12.1 Å². The number of alkyl halides is 3. The highest BCUT2D eigenvalue weighted by molar-refractivity contribution is 6.07. The third-order valence-corrected chi connectivity index (χ3v) is 7.50. The number of rotatable bonds is 5. The third-order valence-electron chi connectivity index (χ3n) is 7.50. The third kappa shape index (κ3) is 6.17. The smallest absolute Gasteiger partial charge is 0.367 e. The van der Waals surface area contributed by atoms with Gasteiger partial charge < -0.3 is 20.0 Å². The van der Waals surface area contributed by atoms with E-state index in [1.54, 1.807) is 18.5 Å². The second-order valence-corrected chi connectivity index (χ2v) is 10.3. The van der Waals surface area contributed by atoms with E-state index in [1.807, 2.05) is 29.8 Å². The predicted molar refractivity (Wildman–Crippen MR) is 147 cm³/mol. The van der Waals surface area contributed by atoms with Crippen molar-refractivity contribution < 1.29 is 26.7 Å². The van der Waals surface area contributed by atoms with E-state index in [0.717, 1.165) is 12.1 Å². The number of carbonyl (C=O) groups is 1. The van der Waals surface area contributed by atoms with Crippen molar-refractivity contribution in [3.05, 3.63) is 83.2 Å². The molecule has 0 aliphatic carbocycles. The van der Waals surface area contributed by atoms with Crippen LogP contribution >= 0.6 is 0 Å². The molecule has 1 aromatic heterocycles. The number of halogens is 5. The van der Waals surface area contributed by atoms with Crippen LogP contribution in [0.2, 0.25) is 0 Å². The zero-order chi connectivity index (χ0) is 29.3. The second-order valence-electron chi connectivity index (χ2n) is 10.3. The Labute approximate surface area is 234 Å². The van der Waals surface area contributed by atoms with Gasteiger partial charge in [0.2, 0.25) is 5.95 Å². The van der Waals surface area contributed by atoms with Crippen LogP contribution in [0.5, 0.6) is 0 Å². The molecule has 216 valence electrons. The first-order valence-electron chi connectivity index (χ1n) is 13.2. The highest BCUT2D eigenvalue weighted by Gasteiger charge is 2.36. The molecule has 2 aliphatic heterocycles. The van der Waals surface area contributed by atoms with E-state index < -0.39 is 34.8 Å². The first-order valence-corrected chi connectivity index (χ1v) is 13.2. The van der Waals surface area contributed by atoms with Gasteiger partial charge in [0.25, 0.3) is 5.91 Å². The van der Waals surface area contributed by atoms with Gasteiger partial charge in [-0.1, -0.05) is 6.08 Å². The summed E-state index contributed by atoms with van der Waals surface area (Å²) >= 11 is 0. The van der Waals surface area contributed by atoms with Crippen LogP contribution in [0.1, 0.15) is 34.8 Å². The number of anilines is 3. The van der Waals surface area contributed by atoms with E-state index >= 15 is 4.39 Å². The van der Waals surface area contributed by atoms with Crippen molar-refractivity contribution in [1.29, 1.82) is 0 Å². The summed E-state index contributed by atoms with van der Waals surface area (Å²) in [5.41, 5.74) is -0.758. The lowest BCUT2D eigenvalue weighted by atomic mass is 9.98. The standard InChI is InChI=1S/C29H29F5N6O/c1-18-16-39(12-11-38(18)2)26-15-24(31)22(19-5-3-10-40(17-19)28-35-8-4-9-36-28)14-25(26)37-27(41)21-7-6-20(30)13-23(21)29(32,33)34/h4-9,13-15,18H,3,10-12,16-17H2,1-2H3,(H,37,41)/t18-/m1/s1. The summed E-state index contributed by atoms with van der Waals surface area (Å²) in [4.78, 5) is 27.8. The van der Waals surface area contributed by atoms with Crippen LogP contribution in [0, 0.1) is 11.6 Å². The topological polar surface area (TPSA) is 64.6 Å². The van der Waals surface area contributed by atoms with Gasteiger partial charge in [0.1, 0.15) is 11.6 Å². The van der Waals surface area contributed by atoms with Crippen LogP contribution in [0.3, 0.4) is 0 Å². The molecule has 3 aromatic rings. The molecule has 0 unspecified atom stereocenters. The van der Waals surface area contributed by atoms with Crippen molar-refractivity contribution in [3.8, 4) is 0 Å². The zero-order valence-electron chi connectivity index (χ0n) is 22.6. The molecule has 41 heavy (non-hydrogen) atoms. The van der Waals surface area contributed by atoms with Crippen molar-refractivity contribution >= 4 is 28.8 Å². The van der Waals surface area contributed by atoms with Gasteiger partial charge in [0.05, 0.1) is 22.5 Å². The number of piperazine rings is 1. The summed E-state index contributed by atoms with van der Waals surface area (Å²) in [5.74, 6) is -2.22. The highest BCUT2D eigenvalue weighted by atomic mass is 19.4. The van der Waals surface area contributed by atoms with Crippen LogP contribution < -0.4 is 15.1 Å². The van der Waals surface area contributed by atoms with Crippen LogP contribution in [0.4, 0.5) is 39.3 Å². The number of nitrogens with zero attached hydrogens (tertiary/aromatic N) is 5. The first-order chi connectivity index (χ1) is 19.5. The molecule has 1 atom stereocenters. The van der Waals surface area contributed by atoms with Crippen molar-refractivity contribution in [3.63, 3.8) is 0 Å². The molecule has 1 saturated heterocycles. The average Bonchev–Trinajstić information content (AvgIpc) is 2.95. The minimum atomic E-state index is -4.95. The highest BCUT2D eigenvalue weighted by Crippen LogP contribution is 2.37. The molecule has 0 spiro atoms. The Morgan fingerprint density at radius 3 is 2.49 bits per heavy atom. The van der Waals surface area contributed by atoms with E-state index in [0.29, 0.717) is 62.4 Å². The molecular formula is C29H29F5N6O. The summed E-state index contributed by atoms with van der Waals surface area (Å²) in [7, 11) is 1.97. The molecule has 1 N–H and O–H groups in total. The van der Waals surface area contributed by atoms with E-state index in [4.69, 9.17) is 0 Å². The van der Waals surface area contributed by atoms with Gasteiger partial charge in [0.15, 0.2) is 0 Å². The number of carbonyl (C=O) groups excluding carboxylic acids is 1. The largest absolute Gasteiger partial charge is 0.417 e. The van der Waals surface area contributed by atoms with Gasteiger partial charge in [-0.05, 0) is 62.4 Å². The second kappa shape index (κ2) is 11.4. The number of likely N-dealkylation sites (N-methyl/N-ethyl adjacent to an activating group) is 1. The molecule has 0 radical (unpaired) electrons. The predicted octanol–water partition coefficient (Wildman–Crippen LogP) is 5.46. The van der Waals surface area contributed by atoms with E-state index in [9.17, 15) is 22.4 Å². The maximum absolute atomic E-state index is 15.8. The molecule has 5 rings (SSSR count). The summed E-state index contributed by atoms with van der Waals surface area (Å²) in [6, 6.07) is 6.49. The molecule has 2 aromatic carbocycles. The molecule has 0 saturated carbocycles. The Kier molecular flexibility index (Phi) is 7.94. The monoisotopic (exact) mass is 572 g/mol. The number of hydrogen-bond acceptors (Lipinski definition) is 6. The molecule has 1 fully saturated rings. The average molecular weight is 573 g/mol. The van der Waals surface area contributed by atoms with Crippen molar-refractivity contribution in [2.45, 2.75) is 25.6 Å². The van der Waals surface area contributed by atoms with Crippen LogP contribution in [-0.4, -0.2) is 66.6 Å². The fraction of sp³-hybridized carbons (Fsp3) is 0.345. The lowest BCUT2D eigenvalue weighted by Gasteiger charge is -2.40. The molecule has 1 amide bonds. The maximum Gasteiger partial charge on any atom is 0.417 e. The quantitative estimate of drug-likeness (QED) is 0.410. The Balaban J connectivity index is 1.53. The van der Waals surface area contributed by atoms with Gasteiger partial charge in [-0.15, -0.1) is 0 Å². The lowest BCUT2D eigenvalue weighted by Crippen LogP contribution is -2.50. The zero-order valence-corrected chi connectivity index (χ0v) is 22.6. The van der Waals surface area contributed by atoms with Crippen molar-refractivity contribution in [2.24, 2.45) is 0 Å². The van der Waals surface area contributed by atoms with Crippen LogP contribution in [0.15, 0.2) is 54.9 Å². The summed E-state index contributed by atoms with van der Waals surface area (Å²) in [6.07, 6.45) is 0.768. The summed E-state index contributed by atoms with van der Waals surface area (Å²) in [6.45, 7) is 4.65. The molecule has 7 nitrogen and oxygen atoms in total. The number of benzene rings is 2. The molecule has 2 aliphatic rings. The van der Waals surface area contributed by atoms with Gasteiger partial charge in [-0.25, -0.2) is 18.7 Å². The number of amides is 1. The van der Waals surface area contributed by atoms with Crippen molar-refractivity contribution in [1.82, 2.24) is 14.9 Å². The number of aromatic nitrogens is 2. The van der Waals surface area contributed by atoms with Gasteiger partial charge in [0, 0.05) is 56.7 Å². The molecular weight excluding hydrogens is 543 g/mol. The van der Waals surface area contributed by atoms with Crippen molar-refractivity contribution in [2.75, 3.05) is 54.9 Å². The van der Waals surface area contributed by atoms with Crippen LogP contribution in [0.25, 0.3) is 5.57 Å². The SMILES string of the molecule is C[C@@H]1CN(c2cc(F)c(C3=CCCN(c4ncccn4)C3)cc2NC(=O)c2ccc(F)cc2C(F)(F)F)CCN1C. The molecule has 0 bridgehead atoms. The van der Waals surface area contributed by atoms with E-state index in [2.05, 4.69) is 20.2 Å². The number of nitrogens with one attached hydrogen (secondary N) is 1. The Morgan fingerprint density at radius 1 is 1.02 bits per heavy atom. The van der Waals surface area contributed by atoms with Gasteiger partial charge in [-0.3, -0.25) is 4.79 Å². The number of hydrogen-bond donors (Lipinski definition) is 1. The Hall–Kier alpha value is -4.06. The molecule has 12 heteroatoms. The van der Waals surface area contributed by atoms with Gasteiger partial charge in [-0.2, -0.15) is 13.2 Å².